The molecule has 6 heteroatoms. The molecule has 0 radical (unpaired) electrons. The largest absolute Gasteiger partial charge is 0.491 e. The Morgan fingerprint density at radius 1 is 1.17 bits per heavy atom. The highest BCUT2D eigenvalue weighted by Gasteiger charge is 2.35. The molecular formula is C18H14Cl2O4. The van der Waals surface area contributed by atoms with E-state index >= 15 is 0 Å². The summed E-state index contributed by atoms with van der Waals surface area (Å²) in [6, 6.07) is 9.74. The maximum Gasteiger partial charge on any atom is 0.317 e. The van der Waals surface area contributed by atoms with Crippen LogP contribution in [0.15, 0.2) is 36.4 Å². The predicted molar refractivity (Wildman–Crippen MR) is 91.2 cm³/mol. The standard InChI is InChI=1S/C18H14Cl2O4/c1-2-23-18(22)15-9-24-17-13(15)7-12(20)8-14(17)16(21)10-3-5-11(19)6-4-10/h3-8,15H,2,9H2,1H3/t15-/m1/s1. The van der Waals surface area contributed by atoms with E-state index in [-0.39, 0.29) is 25.0 Å². The van der Waals surface area contributed by atoms with Crippen LogP contribution in [0.2, 0.25) is 10.0 Å². The number of fused-ring (bicyclic) bond motifs is 1. The molecule has 124 valence electrons. The molecule has 3 rings (SSSR count). The van der Waals surface area contributed by atoms with Crippen LogP contribution in [0.3, 0.4) is 0 Å². The average Bonchev–Trinajstić information content (AvgIpc) is 2.98. The predicted octanol–water partition coefficient (Wildman–Crippen LogP) is 4.26. The Morgan fingerprint density at radius 2 is 1.88 bits per heavy atom. The van der Waals surface area contributed by atoms with Gasteiger partial charge in [0.2, 0.25) is 0 Å². The van der Waals surface area contributed by atoms with Gasteiger partial charge in [0.25, 0.3) is 0 Å². The normalized spacial score (nSPS) is 15.5. The van der Waals surface area contributed by atoms with Crippen molar-refractivity contribution >= 4 is 35.0 Å². The zero-order valence-electron chi connectivity index (χ0n) is 12.8. The minimum Gasteiger partial charge on any atom is -0.491 e. The Kier molecular flexibility index (Phi) is 4.78. The molecule has 0 spiro atoms. The summed E-state index contributed by atoms with van der Waals surface area (Å²) in [5.41, 5.74) is 1.37. The second-order valence-corrected chi connectivity index (χ2v) is 6.20. The molecule has 1 aliphatic rings. The fourth-order valence-electron chi connectivity index (χ4n) is 2.65. The van der Waals surface area contributed by atoms with E-state index in [2.05, 4.69) is 0 Å². The van der Waals surface area contributed by atoms with Crippen LogP contribution in [0, 0.1) is 0 Å². The third-order valence-corrected chi connectivity index (χ3v) is 4.24. The Bertz CT molecular complexity index is 799. The molecular weight excluding hydrogens is 351 g/mol. The minimum absolute atomic E-state index is 0.134. The third-order valence-electron chi connectivity index (χ3n) is 3.77. The molecule has 1 aliphatic heterocycles. The molecule has 1 atom stereocenters. The van der Waals surface area contributed by atoms with Gasteiger partial charge in [-0.25, -0.2) is 0 Å². The summed E-state index contributed by atoms with van der Waals surface area (Å²) < 4.78 is 10.7. The van der Waals surface area contributed by atoms with Gasteiger partial charge in [-0.1, -0.05) is 23.2 Å². The summed E-state index contributed by atoms with van der Waals surface area (Å²) in [4.78, 5) is 24.8. The number of rotatable bonds is 4. The maximum atomic E-state index is 12.8. The lowest BCUT2D eigenvalue weighted by Gasteiger charge is -2.10. The quantitative estimate of drug-likeness (QED) is 0.600. The molecule has 0 saturated heterocycles. The Balaban J connectivity index is 2.02. The molecule has 4 nitrogen and oxygen atoms in total. The van der Waals surface area contributed by atoms with E-state index < -0.39 is 5.92 Å². The van der Waals surface area contributed by atoms with Gasteiger partial charge in [-0.05, 0) is 43.3 Å². The molecule has 0 aliphatic carbocycles. The lowest BCUT2D eigenvalue weighted by Crippen LogP contribution is -2.17. The monoisotopic (exact) mass is 364 g/mol. The van der Waals surface area contributed by atoms with Crippen molar-refractivity contribution in [3.05, 3.63) is 63.1 Å². The molecule has 2 aromatic rings. The smallest absolute Gasteiger partial charge is 0.317 e. The van der Waals surface area contributed by atoms with Gasteiger partial charge in [-0.2, -0.15) is 0 Å². The third kappa shape index (κ3) is 3.12. The first-order valence-electron chi connectivity index (χ1n) is 7.44. The lowest BCUT2D eigenvalue weighted by molar-refractivity contribution is -0.145. The number of benzene rings is 2. The fourth-order valence-corrected chi connectivity index (χ4v) is 3.01. The van der Waals surface area contributed by atoms with Crippen molar-refractivity contribution in [3.63, 3.8) is 0 Å². The number of hydrogen-bond donors (Lipinski definition) is 0. The number of ether oxygens (including phenoxy) is 2. The van der Waals surface area contributed by atoms with Gasteiger partial charge in [0.1, 0.15) is 18.3 Å². The number of hydrogen-bond acceptors (Lipinski definition) is 4. The van der Waals surface area contributed by atoms with Crippen LogP contribution >= 0.6 is 23.2 Å². The SMILES string of the molecule is CCOC(=O)[C@@H]1COc2c(C(=O)c3ccc(Cl)cc3)cc(Cl)cc21. The van der Waals surface area contributed by atoms with E-state index in [1.807, 2.05) is 0 Å². The summed E-state index contributed by atoms with van der Waals surface area (Å²) in [6.07, 6.45) is 0. The zero-order valence-corrected chi connectivity index (χ0v) is 14.4. The summed E-state index contributed by atoms with van der Waals surface area (Å²) in [7, 11) is 0. The first-order chi connectivity index (χ1) is 11.5. The molecule has 0 saturated carbocycles. The second-order valence-electron chi connectivity index (χ2n) is 5.32. The van der Waals surface area contributed by atoms with Crippen molar-refractivity contribution in [2.75, 3.05) is 13.2 Å². The van der Waals surface area contributed by atoms with E-state index in [1.165, 1.54) is 0 Å². The maximum absolute atomic E-state index is 12.8. The average molecular weight is 365 g/mol. The Hall–Kier alpha value is -2.04. The summed E-state index contributed by atoms with van der Waals surface area (Å²) >= 11 is 12.0. The second kappa shape index (κ2) is 6.83. The summed E-state index contributed by atoms with van der Waals surface area (Å²) in [5.74, 6) is -0.814. The van der Waals surface area contributed by atoms with Crippen LogP contribution in [0.5, 0.6) is 5.75 Å². The van der Waals surface area contributed by atoms with Crippen molar-refractivity contribution in [1.82, 2.24) is 0 Å². The van der Waals surface area contributed by atoms with Crippen molar-refractivity contribution < 1.29 is 19.1 Å². The van der Waals surface area contributed by atoms with Crippen molar-refractivity contribution in [3.8, 4) is 5.75 Å². The molecule has 0 unspecified atom stereocenters. The minimum atomic E-state index is -0.574. The summed E-state index contributed by atoms with van der Waals surface area (Å²) in [5, 5.41) is 0.910. The fraction of sp³-hybridized carbons (Fsp3) is 0.222. The molecule has 0 fully saturated rings. The zero-order chi connectivity index (χ0) is 17.3. The number of carbonyl (C=O) groups is 2. The molecule has 0 amide bonds. The first-order valence-corrected chi connectivity index (χ1v) is 8.20. The molecule has 24 heavy (non-hydrogen) atoms. The highest BCUT2D eigenvalue weighted by molar-refractivity contribution is 6.32. The number of esters is 1. The van der Waals surface area contributed by atoms with Crippen molar-refractivity contribution in [2.24, 2.45) is 0 Å². The molecule has 0 N–H and O–H groups in total. The number of carbonyl (C=O) groups excluding carboxylic acids is 2. The van der Waals surface area contributed by atoms with Gasteiger partial charge in [0.05, 0.1) is 12.2 Å². The van der Waals surface area contributed by atoms with Gasteiger partial charge in [0.15, 0.2) is 5.78 Å². The van der Waals surface area contributed by atoms with Crippen LogP contribution in [0.1, 0.15) is 34.3 Å². The van der Waals surface area contributed by atoms with Gasteiger partial charge in [-0.15, -0.1) is 0 Å². The van der Waals surface area contributed by atoms with Gasteiger partial charge in [0, 0.05) is 21.2 Å². The lowest BCUT2D eigenvalue weighted by atomic mass is 9.95. The molecule has 2 aromatic carbocycles. The van der Waals surface area contributed by atoms with Crippen LogP contribution in [-0.4, -0.2) is 25.0 Å². The molecule has 1 heterocycles. The van der Waals surface area contributed by atoms with Gasteiger partial charge in [-0.3, -0.25) is 9.59 Å². The van der Waals surface area contributed by atoms with Crippen molar-refractivity contribution in [1.29, 1.82) is 0 Å². The van der Waals surface area contributed by atoms with Crippen molar-refractivity contribution in [2.45, 2.75) is 12.8 Å². The van der Waals surface area contributed by atoms with Gasteiger partial charge < -0.3 is 9.47 Å². The number of ketones is 1. The summed E-state index contributed by atoms with van der Waals surface area (Å²) in [6.45, 7) is 2.15. The molecule has 0 aromatic heterocycles. The highest BCUT2D eigenvalue weighted by Crippen LogP contribution is 2.40. The topological polar surface area (TPSA) is 52.6 Å². The van der Waals surface area contributed by atoms with Crippen LogP contribution in [-0.2, 0) is 9.53 Å². The van der Waals surface area contributed by atoms with Crippen LogP contribution < -0.4 is 4.74 Å². The van der Waals surface area contributed by atoms with E-state index in [9.17, 15) is 9.59 Å². The Morgan fingerprint density at radius 3 is 2.54 bits per heavy atom. The first kappa shape index (κ1) is 16.8. The Labute approximate surface area is 149 Å². The molecule has 0 bridgehead atoms. The van der Waals surface area contributed by atoms with Crippen LogP contribution in [0.4, 0.5) is 0 Å². The van der Waals surface area contributed by atoms with E-state index in [1.54, 1.807) is 43.3 Å². The van der Waals surface area contributed by atoms with E-state index in [4.69, 9.17) is 32.7 Å². The van der Waals surface area contributed by atoms with E-state index in [0.29, 0.717) is 32.5 Å². The van der Waals surface area contributed by atoms with Gasteiger partial charge >= 0.3 is 5.97 Å². The van der Waals surface area contributed by atoms with E-state index in [0.717, 1.165) is 0 Å². The highest BCUT2D eigenvalue weighted by atomic mass is 35.5. The number of halogens is 2. The van der Waals surface area contributed by atoms with Crippen LogP contribution in [0.25, 0.3) is 0 Å².